The number of benzene rings is 1. The third kappa shape index (κ3) is 4.40. The zero-order valence-electron chi connectivity index (χ0n) is 11.1. The minimum atomic E-state index is -1.12. The first-order valence-electron chi connectivity index (χ1n) is 6.02. The molecule has 1 rings (SSSR count). The summed E-state index contributed by atoms with van der Waals surface area (Å²) in [6, 6.07) is 3.15. The number of aliphatic carboxylic acids is 1. The van der Waals surface area contributed by atoms with Gasteiger partial charge in [0.15, 0.2) is 11.5 Å². The van der Waals surface area contributed by atoms with Gasteiger partial charge in [-0.25, -0.2) is 0 Å². The highest BCUT2D eigenvalue weighted by atomic mass is 79.9. The number of quaternary nitrogens is 1. The molecule has 0 fully saturated rings. The van der Waals surface area contributed by atoms with Crippen LogP contribution in [0.2, 0.25) is 0 Å². The Hall–Kier alpha value is -1.27. The van der Waals surface area contributed by atoms with Crippen molar-refractivity contribution in [2.75, 3.05) is 13.7 Å². The first-order valence-corrected chi connectivity index (χ1v) is 6.82. The van der Waals surface area contributed by atoms with E-state index in [2.05, 4.69) is 21.7 Å². The molecule has 3 N–H and O–H groups in total. The van der Waals surface area contributed by atoms with Crippen LogP contribution in [0.4, 0.5) is 0 Å². The molecule has 6 heteroatoms. The van der Waals surface area contributed by atoms with E-state index in [1.807, 2.05) is 6.92 Å². The van der Waals surface area contributed by atoms with E-state index in [1.165, 1.54) is 0 Å². The van der Waals surface area contributed by atoms with Gasteiger partial charge < -0.3 is 25.1 Å². The van der Waals surface area contributed by atoms with E-state index in [9.17, 15) is 9.90 Å². The number of hydrogen-bond donors (Lipinski definition) is 1. The Morgan fingerprint density at radius 2 is 2.21 bits per heavy atom. The molecule has 0 aromatic heterocycles. The van der Waals surface area contributed by atoms with E-state index in [4.69, 9.17) is 9.47 Å². The van der Waals surface area contributed by atoms with Crippen molar-refractivity contribution in [2.45, 2.75) is 25.8 Å². The zero-order chi connectivity index (χ0) is 14.4. The van der Waals surface area contributed by atoms with Crippen molar-refractivity contribution < 1.29 is 25.1 Å². The molecule has 1 aromatic carbocycles. The van der Waals surface area contributed by atoms with Gasteiger partial charge >= 0.3 is 0 Å². The number of methoxy groups -OCH3 is 1. The van der Waals surface area contributed by atoms with Gasteiger partial charge in [0.2, 0.25) is 0 Å². The molecule has 0 aliphatic heterocycles. The van der Waals surface area contributed by atoms with Crippen LogP contribution >= 0.6 is 15.9 Å². The number of carboxylic acids is 1. The minimum Gasteiger partial charge on any atom is -0.550 e. The Morgan fingerprint density at radius 1 is 1.53 bits per heavy atom. The summed E-state index contributed by atoms with van der Waals surface area (Å²) in [5.41, 5.74) is 4.58. The van der Waals surface area contributed by atoms with Crippen LogP contribution in [-0.4, -0.2) is 19.7 Å². The molecule has 0 heterocycles. The summed E-state index contributed by atoms with van der Waals surface area (Å²) in [5, 5.41) is 10.6. The summed E-state index contributed by atoms with van der Waals surface area (Å²) in [6.45, 7) is 2.60. The molecule has 1 aromatic rings. The SMILES string of the molecule is CCCOc1c(Br)cc([C@H]([NH3+])CC(=O)[O-])cc1OC. The average molecular weight is 332 g/mol. The number of halogens is 1. The van der Waals surface area contributed by atoms with Crippen LogP contribution in [0.25, 0.3) is 0 Å². The molecule has 19 heavy (non-hydrogen) atoms. The van der Waals surface area contributed by atoms with E-state index in [1.54, 1.807) is 19.2 Å². The molecule has 0 aliphatic carbocycles. The van der Waals surface area contributed by atoms with Crippen LogP contribution in [0.1, 0.15) is 31.4 Å². The molecule has 0 saturated carbocycles. The molecule has 0 amide bonds. The molecule has 106 valence electrons. The summed E-state index contributed by atoms with van der Waals surface area (Å²) in [6.07, 6.45) is 0.755. The van der Waals surface area contributed by atoms with Gasteiger partial charge in [0.05, 0.1) is 18.2 Å². The van der Waals surface area contributed by atoms with Crippen molar-refractivity contribution >= 4 is 21.9 Å². The average Bonchev–Trinajstić information content (AvgIpc) is 2.35. The maximum atomic E-state index is 10.6. The molecule has 0 spiro atoms. The Kier molecular flexibility index (Phi) is 6.11. The largest absolute Gasteiger partial charge is 0.550 e. The van der Waals surface area contributed by atoms with Gasteiger partial charge in [-0.05, 0) is 34.5 Å². The monoisotopic (exact) mass is 331 g/mol. The number of ether oxygens (including phenoxy) is 2. The Balaban J connectivity index is 3.04. The highest BCUT2D eigenvalue weighted by molar-refractivity contribution is 9.10. The number of carboxylic acid groups (broad SMARTS) is 1. The number of rotatable bonds is 7. The second-order valence-corrected chi connectivity index (χ2v) is 5.01. The third-order valence-electron chi connectivity index (χ3n) is 2.59. The number of carbonyl (C=O) groups excluding carboxylic acids is 1. The number of hydrogen-bond acceptors (Lipinski definition) is 4. The lowest BCUT2D eigenvalue weighted by Gasteiger charge is -2.16. The molecule has 0 aliphatic rings. The summed E-state index contributed by atoms with van der Waals surface area (Å²) < 4.78 is 11.6. The molecular weight excluding hydrogens is 314 g/mol. The van der Waals surface area contributed by atoms with Crippen LogP contribution in [0.5, 0.6) is 11.5 Å². The molecule has 0 bridgehead atoms. The fourth-order valence-electron chi connectivity index (χ4n) is 1.64. The molecule has 0 unspecified atom stereocenters. The maximum absolute atomic E-state index is 10.6. The summed E-state index contributed by atoms with van der Waals surface area (Å²) in [7, 11) is 1.54. The Morgan fingerprint density at radius 3 is 2.74 bits per heavy atom. The van der Waals surface area contributed by atoms with Crippen molar-refractivity contribution in [1.82, 2.24) is 0 Å². The highest BCUT2D eigenvalue weighted by Gasteiger charge is 2.17. The number of carbonyl (C=O) groups is 1. The van der Waals surface area contributed by atoms with Crippen LogP contribution < -0.4 is 20.3 Å². The van der Waals surface area contributed by atoms with Gasteiger partial charge in [0, 0.05) is 18.0 Å². The smallest absolute Gasteiger partial charge is 0.175 e. The standard InChI is InChI=1S/C13H18BrNO4/c1-3-4-19-13-9(14)5-8(6-11(13)18-2)10(15)7-12(16)17/h5-6,10H,3-4,7,15H2,1-2H3,(H,16,17)/t10-/m1/s1. The van der Waals surface area contributed by atoms with E-state index in [-0.39, 0.29) is 6.42 Å². The second-order valence-electron chi connectivity index (χ2n) is 4.16. The van der Waals surface area contributed by atoms with Gasteiger partial charge in [-0.3, -0.25) is 0 Å². The fourth-order valence-corrected chi connectivity index (χ4v) is 2.21. The predicted octanol–water partition coefficient (Wildman–Crippen LogP) is 0.669. The lowest BCUT2D eigenvalue weighted by molar-refractivity contribution is -0.430. The molecule has 0 radical (unpaired) electrons. The topological polar surface area (TPSA) is 86.2 Å². The van der Waals surface area contributed by atoms with Crippen molar-refractivity contribution in [3.05, 3.63) is 22.2 Å². The van der Waals surface area contributed by atoms with Crippen molar-refractivity contribution in [3.63, 3.8) is 0 Å². The highest BCUT2D eigenvalue weighted by Crippen LogP contribution is 2.38. The van der Waals surface area contributed by atoms with Gasteiger partial charge in [-0.1, -0.05) is 6.92 Å². The van der Waals surface area contributed by atoms with Crippen LogP contribution in [0, 0.1) is 0 Å². The normalized spacial score (nSPS) is 12.0. The quantitative estimate of drug-likeness (QED) is 0.795. The first kappa shape index (κ1) is 15.8. The zero-order valence-corrected chi connectivity index (χ0v) is 12.7. The van der Waals surface area contributed by atoms with Crippen LogP contribution in [0.3, 0.4) is 0 Å². The molecule has 1 atom stereocenters. The lowest BCUT2D eigenvalue weighted by atomic mass is 10.0. The first-order chi connectivity index (χ1) is 8.99. The van der Waals surface area contributed by atoms with Crippen molar-refractivity contribution in [3.8, 4) is 11.5 Å². The van der Waals surface area contributed by atoms with Gasteiger partial charge in [-0.15, -0.1) is 0 Å². The van der Waals surface area contributed by atoms with Crippen LogP contribution in [0.15, 0.2) is 16.6 Å². The maximum Gasteiger partial charge on any atom is 0.175 e. The van der Waals surface area contributed by atoms with E-state index in [0.29, 0.717) is 18.1 Å². The van der Waals surface area contributed by atoms with Crippen molar-refractivity contribution in [2.24, 2.45) is 0 Å². The van der Waals surface area contributed by atoms with Crippen molar-refractivity contribution in [1.29, 1.82) is 0 Å². The molecule has 5 nitrogen and oxygen atoms in total. The van der Waals surface area contributed by atoms with E-state index in [0.717, 1.165) is 16.5 Å². The predicted molar refractivity (Wildman–Crippen MR) is 71.7 cm³/mol. The van der Waals surface area contributed by atoms with E-state index >= 15 is 0 Å². The lowest BCUT2D eigenvalue weighted by Crippen LogP contribution is -2.55. The third-order valence-corrected chi connectivity index (χ3v) is 3.18. The van der Waals surface area contributed by atoms with Gasteiger partial charge in [0.25, 0.3) is 0 Å². The fraction of sp³-hybridized carbons (Fsp3) is 0.462. The minimum absolute atomic E-state index is 0.134. The summed E-state index contributed by atoms with van der Waals surface area (Å²) in [4.78, 5) is 10.6. The Labute approximate surface area is 120 Å². The molecular formula is C13H18BrNO4. The summed E-state index contributed by atoms with van der Waals surface area (Å²) in [5.74, 6) is 0.0555. The second kappa shape index (κ2) is 7.35. The Bertz CT molecular complexity index is 451. The molecule has 0 saturated heterocycles. The van der Waals surface area contributed by atoms with Crippen LogP contribution in [-0.2, 0) is 4.79 Å². The summed E-state index contributed by atoms with van der Waals surface area (Å²) >= 11 is 3.41. The van der Waals surface area contributed by atoms with Gasteiger partial charge in [-0.2, -0.15) is 0 Å². The van der Waals surface area contributed by atoms with Gasteiger partial charge in [0.1, 0.15) is 6.04 Å². The van der Waals surface area contributed by atoms with E-state index < -0.39 is 12.0 Å².